The van der Waals surface area contributed by atoms with Crippen molar-refractivity contribution in [2.75, 3.05) is 0 Å². The highest BCUT2D eigenvalue weighted by molar-refractivity contribution is 5.94. The van der Waals surface area contributed by atoms with E-state index in [0.717, 1.165) is 22.4 Å². The second-order valence-corrected chi connectivity index (χ2v) is 6.75. The van der Waals surface area contributed by atoms with Gasteiger partial charge in [-0.05, 0) is 36.8 Å². The summed E-state index contributed by atoms with van der Waals surface area (Å²) in [5, 5.41) is 2.79. The Morgan fingerprint density at radius 1 is 1.00 bits per heavy atom. The summed E-state index contributed by atoms with van der Waals surface area (Å²) < 4.78 is 15.9. The van der Waals surface area contributed by atoms with E-state index in [0.29, 0.717) is 6.54 Å². The number of hydrogen-bond donors (Lipinski definition) is 1. The zero-order valence-electron chi connectivity index (χ0n) is 15.5. The van der Waals surface area contributed by atoms with Gasteiger partial charge < -0.3 is 9.88 Å². The number of fused-ring (bicyclic) bond motifs is 1. The maximum Gasteiger partial charge on any atom is 0.254 e. The molecular weight excluding hydrogens is 353 g/mol. The summed E-state index contributed by atoms with van der Waals surface area (Å²) in [6, 6.07) is 22.2. The molecule has 140 valence electrons. The van der Waals surface area contributed by atoms with E-state index < -0.39 is 11.7 Å². The van der Waals surface area contributed by atoms with Crippen LogP contribution in [0.15, 0.2) is 72.8 Å². The summed E-state index contributed by atoms with van der Waals surface area (Å²) in [6.45, 7) is 2.92. The van der Waals surface area contributed by atoms with Crippen molar-refractivity contribution in [2.24, 2.45) is 0 Å². The summed E-state index contributed by atoms with van der Waals surface area (Å²) in [5.41, 5.74) is 4.25. The normalized spacial score (nSPS) is 10.9. The Hall–Kier alpha value is -3.47. The Morgan fingerprint density at radius 3 is 2.50 bits per heavy atom. The number of para-hydroxylation sites is 2. The third-order valence-corrected chi connectivity index (χ3v) is 4.72. The minimum atomic E-state index is -0.534. The van der Waals surface area contributed by atoms with Crippen molar-refractivity contribution >= 4 is 16.9 Å². The lowest BCUT2D eigenvalue weighted by Crippen LogP contribution is -2.25. The van der Waals surface area contributed by atoms with Gasteiger partial charge in [0.25, 0.3) is 5.91 Å². The van der Waals surface area contributed by atoms with Gasteiger partial charge in [-0.2, -0.15) is 0 Å². The fourth-order valence-corrected chi connectivity index (χ4v) is 3.21. The van der Waals surface area contributed by atoms with Gasteiger partial charge in [0.1, 0.15) is 11.6 Å². The van der Waals surface area contributed by atoms with Crippen LogP contribution in [0.1, 0.15) is 27.3 Å². The number of aryl methyl sites for hydroxylation is 1. The Balaban J connectivity index is 1.62. The number of imidazole rings is 1. The minimum absolute atomic E-state index is 0.0312. The van der Waals surface area contributed by atoms with Gasteiger partial charge in [-0.1, -0.05) is 54.1 Å². The SMILES string of the molecule is Cc1ccc(Cn2c(CNC(=O)c3ccccc3F)nc3ccccc32)cc1. The zero-order chi connectivity index (χ0) is 19.5. The molecule has 4 nitrogen and oxygen atoms in total. The second kappa shape index (κ2) is 7.64. The van der Waals surface area contributed by atoms with E-state index in [9.17, 15) is 9.18 Å². The molecule has 0 fully saturated rings. The minimum Gasteiger partial charge on any atom is -0.345 e. The second-order valence-electron chi connectivity index (χ2n) is 6.75. The topological polar surface area (TPSA) is 46.9 Å². The van der Waals surface area contributed by atoms with E-state index in [4.69, 9.17) is 0 Å². The quantitative estimate of drug-likeness (QED) is 0.561. The van der Waals surface area contributed by atoms with Gasteiger partial charge in [0.05, 0.1) is 23.1 Å². The van der Waals surface area contributed by atoms with Crippen LogP contribution < -0.4 is 5.32 Å². The van der Waals surface area contributed by atoms with Crippen LogP contribution in [0.5, 0.6) is 0 Å². The monoisotopic (exact) mass is 373 g/mol. The molecule has 1 heterocycles. The summed E-state index contributed by atoms with van der Waals surface area (Å²) in [6.07, 6.45) is 0. The summed E-state index contributed by atoms with van der Waals surface area (Å²) in [4.78, 5) is 17.0. The standard InChI is InChI=1S/C23H20FN3O/c1-16-10-12-17(13-11-16)15-27-21-9-5-4-8-20(21)26-22(27)14-25-23(28)18-6-2-3-7-19(18)24/h2-13H,14-15H2,1H3,(H,25,28). The number of halogens is 1. The Labute approximate surface area is 162 Å². The molecule has 1 aromatic heterocycles. The lowest BCUT2D eigenvalue weighted by Gasteiger charge is -2.11. The molecule has 0 atom stereocenters. The molecule has 0 aliphatic carbocycles. The van der Waals surface area contributed by atoms with Crippen molar-refractivity contribution in [2.45, 2.75) is 20.0 Å². The predicted molar refractivity (Wildman–Crippen MR) is 108 cm³/mol. The molecule has 1 amide bonds. The lowest BCUT2D eigenvalue weighted by atomic mass is 10.1. The molecule has 0 aliphatic heterocycles. The maximum absolute atomic E-state index is 13.9. The van der Waals surface area contributed by atoms with Gasteiger partial charge in [0.15, 0.2) is 0 Å². The molecule has 0 radical (unpaired) electrons. The molecule has 5 heteroatoms. The van der Waals surface area contributed by atoms with Crippen molar-refractivity contribution in [1.82, 2.24) is 14.9 Å². The van der Waals surface area contributed by atoms with E-state index in [2.05, 4.69) is 46.1 Å². The first-order chi connectivity index (χ1) is 13.6. The fraction of sp³-hybridized carbons (Fsp3) is 0.130. The zero-order valence-corrected chi connectivity index (χ0v) is 15.5. The van der Waals surface area contributed by atoms with Crippen LogP contribution in [0.4, 0.5) is 4.39 Å². The molecule has 28 heavy (non-hydrogen) atoms. The third kappa shape index (κ3) is 3.64. The molecule has 4 rings (SSSR count). The summed E-state index contributed by atoms with van der Waals surface area (Å²) in [7, 11) is 0. The van der Waals surface area contributed by atoms with Crippen LogP contribution >= 0.6 is 0 Å². The molecular formula is C23H20FN3O. The first kappa shape index (κ1) is 17.9. The molecule has 4 aromatic rings. The van der Waals surface area contributed by atoms with E-state index >= 15 is 0 Å². The largest absolute Gasteiger partial charge is 0.345 e. The van der Waals surface area contributed by atoms with Gasteiger partial charge in [-0.3, -0.25) is 4.79 Å². The summed E-state index contributed by atoms with van der Waals surface area (Å²) >= 11 is 0. The number of nitrogens with one attached hydrogen (secondary N) is 1. The van der Waals surface area contributed by atoms with Crippen LogP contribution in [-0.4, -0.2) is 15.5 Å². The molecule has 0 bridgehead atoms. The maximum atomic E-state index is 13.9. The van der Waals surface area contributed by atoms with Crippen molar-refractivity contribution < 1.29 is 9.18 Å². The molecule has 0 aliphatic rings. The third-order valence-electron chi connectivity index (χ3n) is 4.72. The van der Waals surface area contributed by atoms with Crippen LogP contribution in [0, 0.1) is 12.7 Å². The van der Waals surface area contributed by atoms with Crippen molar-refractivity contribution in [3.63, 3.8) is 0 Å². The fourth-order valence-electron chi connectivity index (χ4n) is 3.21. The van der Waals surface area contributed by atoms with Crippen LogP contribution in [-0.2, 0) is 13.1 Å². The smallest absolute Gasteiger partial charge is 0.254 e. The summed E-state index contributed by atoms with van der Waals surface area (Å²) in [5.74, 6) is -0.258. The number of aromatic nitrogens is 2. The Bertz CT molecular complexity index is 1130. The van der Waals surface area contributed by atoms with Gasteiger partial charge in [0.2, 0.25) is 0 Å². The van der Waals surface area contributed by atoms with E-state index in [1.54, 1.807) is 12.1 Å². The lowest BCUT2D eigenvalue weighted by molar-refractivity contribution is 0.0945. The van der Waals surface area contributed by atoms with Crippen molar-refractivity contribution in [3.05, 3.63) is 101 Å². The Kier molecular flexibility index (Phi) is 4.89. The number of nitrogens with zero attached hydrogens (tertiary/aromatic N) is 2. The molecule has 0 unspecified atom stereocenters. The van der Waals surface area contributed by atoms with Crippen LogP contribution in [0.25, 0.3) is 11.0 Å². The average molecular weight is 373 g/mol. The molecule has 0 spiro atoms. The van der Waals surface area contributed by atoms with Crippen LogP contribution in [0.3, 0.4) is 0 Å². The highest BCUT2D eigenvalue weighted by Gasteiger charge is 2.14. The number of carbonyl (C=O) groups excluding carboxylic acids is 1. The van der Waals surface area contributed by atoms with E-state index in [1.165, 1.54) is 17.7 Å². The highest BCUT2D eigenvalue weighted by Crippen LogP contribution is 2.18. The Morgan fingerprint density at radius 2 is 1.71 bits per heavy atom. The van der Waals surface area contributed by atoms with E-state index in [1.807, 2.05) is 24.3 Å². The predicted octanol–water partition coefficient (Wildman–Crippen LogP) is 4.46. The van der Waals surface area contributed by atoms with Gasteiger partial charge in [-0.25, -0.2) is 9.37 Å². The highest BCUT2D eigenvalue weighted by atomic mass is 19.1. The van der Waals surface area contributed by atoms with Gasteiger partial charge in [-0.15, -0.1) is 0 Å². The van der Waals surface area contributed by atoms with Crippen LogP contribution in [0.2, 0.25) is 0 Å². The van der Waals surface area contributed by atoms with Crippen molar-refractivity contribution in [3.8, 4) is 0 Å². The number of benzene rings is 3. The number of carbonyl (C=O) groups is 1. The van der Waals surface area contributed by atoms with Gasteiger partial charge in [0, 0.05) is 6.54 Å². The number of rotatable bonds is 5. The number of hydrogen-bond acceptors (Lipinski definition) is 2. The average Bonchev–Trinajstić information content (AvgIpc) is 3.06. The first-order valence-electron chi connectivity index (χ1n) is 9.14. The first-order valence-corrected chi connectivity index (χ1v) is 9.14. The molecule has 0 saturated carbocycles. The van der Waals surface area contributed by atoms with E-state index in [-0.39, 0.29) is 12.1 Å². The number of amides is 1. The molecule has 1 N–H and O–H groups in total. The van der Waals surface area contributed by atoms with Gasteiger partial charge >= 0.3 is 0 Å². The molecule has 3 aromatic carbocycles. The molecule has 0 saturated heterocycles. The van der Waals surface area contributed by atoms with Crippen molar-refractivity contribution in [1.29, 1.82) is 0 Å².